The molecule has 3 unspecified atom stereocenters. The molecule has 0 radical (unpaired) electrons. The van der Waals surface area contributed by atoms with E-state index in [4.69, 9.17) is 42.6 Å². The molecule has 3 saturated heterocycles. The zero-order valence-corrected chi connectivity index (χ0v) is 68.6. The highest BCUT2D eigenvalue weighted by Crippen LogP contribution is 2.64. The van der Waals surface area contributed by atoms with Gasteiger partial charge < -0.3 is 72.7 Å². The smallest absolute Gasteiger partial charge is 0.340 e. The summed E-state index contributed by atoms with van der Waals surface area (Å²) >= 11 is 0. The summed E-state index contributed by atoms with van der Waals surface area (Å²) < 4.78 is 53.9. The van der Waals surface area contributed by atoms with E-state index in [-0.39, 0.29) is 97.9 Å². The van der Waals surface area contributed by atoms with E-state index in [9.17, 15) is 63.3 Å². The van der Waals surface area contributed by atoms with Gasteiger partial charge in [-0.15, -0.1) is 0 Å². The first-order valence-electron chi connectivity index (χ1n) is 39.9. The number of amides is 1. The summed E-state index contributed by atoms with van der Waals surface area (Å²) in [4.78, 5) is 145. The number of nitrogens with zero attached hydrogens (tertiary/aromatic N) is 3. The van der Waals surface area contributed by atoms with Crippen molar-refractivity contribution in [3.63, 3.8) is 0 Å². The molecule has 25 heteroatoms. The van der Waals surface area contributed by atoms with Crippen molar-refractivity contribution in [2.24, 2.45) is 52.3 Å². The number of aliphatic hydroxyl groups excluding tert-OH is 2. The van der Waals surface area contributed by atoms with Crippen molar-refractivity contribution < 1.29 is 106 Å². The molecule has 1 amide bonds. The van der Waals surface area contributed by atoms with E-state index in [0.29, 0.717) is 101 Å². The number of methoxy groups -OCH3 is 3. The Morgan fingerprint density at radius 2 is 1.45 bits per heavy atom. The van der Waals surface area contributed by atoms with Crippen LogP contribution in [0.3, 0.4) is 0 Å². The van der Waals surface area contributed by atoms with Gasteiger partial charge >= 0.3 is 29.8 Å². The topological polar surface area (TPSA) is 324 Å². The molecule has 8 aliphatic rings. The third kappa shape index (κ3) is 21.6. The number of hydrogen-bond donors (Lipinski definition) is 3. The lowest BCUT2D eigenvalue weighted by Crippen LogP contribution is -2.61. The minimum absolute atomic E-state index is 0.0119. The Hall–Kier alpha value is -7.00. The lowest BCUT2D eigenvalue weighted by atomic mass is 9.53. The number of carbonyl (C=O) groups excluding carboxylic acids is 10. The van der Waals surface area contributed by atoms with E-state index in [0.717, 1.165) is 12.1 Å². The van der Waals surface area contributed by atoms with Gasteiger partial charge in [0.1, 0.15) is 54.6 Å². The van der Waals surface area contributed by atoms with E-state index >= 15 is 0 Å². The summed E-state index contributed by atoms with van der Waals surface area (Å²) in [5, 5.41) is 35.7. The molecule has 25 nitrogen and oxygen atoms in total. The molecule has 614 valence electrons. The van der Waals surface area contributed by atoms with E-state index in [2.05, 4.69) is 25.9 Å². The Labute approximate surface area is 651 Å². The Balaban J connectivity index is 0.00000325. The summed E-state index contributed by atoms with van der Waals surface area (Å²) in [7, 11) is 11.9. The van der Waals surface area contributed by atoms with Crippen LogP contribution in [0.15, 0.2) is 81.9 Å². The summed E-state index contributed by atoms with van der Waals surface area (Å²) in [6.45, 7) is 20.6. The van der Waals surface area contributed by atoms with Crippen LogP contribution in [0.5, 0.6) is 0 Å². The number of Topliss-reactive ketones (excluding diaryl/α,β-unsaturated/α-hetero) is 4. The predicted molar refractivity (Wildman–Crippen MR) is 410 cm³/mol. The fourth-order valence-corrected chi connectivity index (χ4v) is 17.6. The maximum absolute atomic E-state index is 14.7. The summed E-state index contributed by atoms with van der Waals surface area (Å²) in [6, 6.07) is -1.22. The van der Waals surface area contributed by atoms with Gasteiger partial charge in [-0.3, -0.25) is 38.4 Å². The normalized spacial score (nSPS) is 36.2. The number of aliphatic hydroxyl groups is 3. The van der Waals surface area contributed by atoms with Gasteiger partial charge in [-0.2, -0.15) is 0 Å². The molecular formula is C85H127N3O22. The van der Waals surface area contributed by atoms with E-state index in [1.54, 1.807) is 66.8 Å². The first-order valence-corrected chi connectivity index (χ1v) is 39.9. The summed E-state index contributed by atoms with van der Waals surface area (Å²) in [6.07, 6.45) is 11.8. The third-order valence-electron chi connectivity index (χ3n) is 24.3. The number of hydrogen-bond acceptors (Lipinski definition) is 24. The van der Waals surface area contributed by atoms with Gasteiger partial charge in [-0.1, -0.05) is 84.9 Å². The van der Waals surface area contributed by atoms with Crippen molar-refractivity contribution in [1.29, 1.82) is 0 Å². The van der Waals surface area contributed by atoms with Crippen LogP contribution in [0.2, 0.25) is 0 Å². The average molecular weight is 1540 g/mol. The van der Waals surface area contributed by atoms with Crippen molar-refractivity contribution in [2.75, 3.05) is 69.2 Å². The van der Waals surface area contributed by atoms with Gasteiger partial charge in [-0.25, -0.2) is 9.59 Å². The predicted octanol–water partition coefficient (Wildman–Crippen LogP) is 10.6. The average Bonchev–Trinajstić information content (AvgIpc) is 1.18. The Bertz CT molecular complexity index is 3540. The standard InChI is InChI=1S/C81H116N2O22.C4H11N/c1-45-23-17-16-18-24-46(2)60(98-14)40-55-31-28-51(7)81(96,105-55)75(92)76(93)83-36-22-21-25-58(83)78(95)102-61(41-59(85)47(3)38-50(6)71(89)74(99-15)70(88)49(5)37-45)48(4)39-53-29-32-54(33-30-53)101-65(86)26-19-20-27-66(87)103-63-35-34-57-67-69(62(100-52(8)84)42-79(57,63)9)80(10)64(44-97-13)104-77(94)56(43-82(11)12)68(80)73(91)72(67)90;1-4-5(2)3/h16-18,23-24,38,43,45,47-49,51,53-55,57-58,60-64,71,74,89,91,96H,19-22,25-37,39-42,44H2,1-15H3;4H2,1-3H3/b18-16+,23-17+,46-24+,50-38+,56-43+;/t45-,47-,48-,49-,51-,53?,54?,55+,57?,58?,60+,61+,62-,63?,64-,71-,74+,79+,80+,81-;/m1./s1. The van der Waals surface area contributed by atoms with Crippen LogP contribution in [0.4, 0.5) is 0 Å². The number of esters is 5. The molecule has 4 aliphatic carbocycles. The second kappa shape index (κ2) is 40.1. The molecule has 5 fully saturated rings. The van der Waals surface area contributed by atoms with Crippen LogP contribution < -0.4 is 0 Å². The van der Waals surface area contributed by atoms with Crippen molar-refractivity contribution in [2.45, 2.75) is 271 Å². The maximum Gasteiger partial charge on any atom is 0.340 e. The molecule has 0 spiro atoms. The van der Waals surface area contributed by atoms with Crippen molar-refractivity contribution in [3.8, 4) is 0 Å². The van der Waals surface area contributed by atoms with E-state index in [1.165, 1.54) is 32.2 Å². The second-order valence-corrected chi connectivity index (χ2v) is 33.2. The minimum atomic E-state index is -2.49. The number of ether oxygens (including phenoxy) is 9. The van der Waals surface area contributed by atoms with Gasteiger partial charge in [0.15, 0.2) is 11.5 Å². The van der Waals surface area contributed by atoms with Gasteiger partial charge in [0.25, 0.3) is 11.7 Å². The number of rotatable bonds is 17. The molecule has 4 aliphatic heterocycles. The zero-order chi connectivity index (χ0) is 81.4. The van der Waals surface area contributed by atoms with E-state index in [1.807, 2.05) is 58.1 Å². The van der Waals surface area contributed by atoms with Gasteiger partial charge in [0.05, 0.1) is 29.8 Å². The maximum atomic E-state index is 14.7. The number of ketones is 4. The molecule has 2 bridgehead atoms. The number of carbonyl (C=O) groups is 10. The number of fused-ring (bicyclic) bond motifs is 7. The SMILES string of the molecule is CCN(C)C.COC[C@H]1OC(=O)/C(=C/N(C)C)C2=C(O)C(=O)C3=C([C@H](OC(C)=O)C[C@]4(C)C(OC(=O)CCCCC(=O)OC5CCC(C[C@@H](C)[C@@H]6CC(=O)[C@H](C)/C=C(\C)[C@@H](O)[C@@H](OC)C(=O)[C@H](C)C[C@H](C)/C=C/C=C/C=C(\C)[C@@H](OC)C[C@@H]7CC[C@@H](C)[C@@](O)(O7)C(=O)C(=O)N7CCCCC7C(=O)O6)CC5)CCC34)[C@]21C. The van der Waals surface area contributed by atoms with Crippen LogP contribution in [-0.2, 0) is 90.6 Å². The molecule has 8 rings (SSSR count). The fraction of sp³-hybridized carbons (Fsp3) is 0.718. The second-order valence-electron chi connectivity index (χ2n) is 33.2. The molecular weight excluding hydrogens is 1410 g/mol. The van der Waals surface area contributed by atoms with Crippen molar-refractivity contribution in [1.82, 2.24) is 14.7 Å². The quantitative estimate of drug-likeness (QED) is 0.0304. The molecule has 2 saturated carbocycles. The van der Waals surface area contributed by atoms with Crippen LogP contribution in [-0.4, -0.2) is 225 Å². The lowest BCUT2D eigenvalue weighted by Gasteiger charge is -2.54. The van der Waals surface area contributed by atoms with Gasteiger partial charge in [0, 0.05) is 115 Å². The van der Waals surface area contributed by atoms with Crippen molar-refractivity contribution in [3.05, 3.63) is 81.9 Å². The molecule has 18 atom stereocenters. The first kappa shape index (κ1) is 90.2. The zero-order valence-electron chi connectivity index (χ0n) is 68.6. The number of unbranched alkanes of at least 4 members (excludes halogenated alkanes) is 1. The fourth-order valence-electron chi connectivity index (χ4n) is 17.6. The first-order chi connectivity index (χ1) is 51.9. The number of allylic oxidation sites excluding steroid dienone is 7. The number of piperidine rings is 1. The van der Waals surface area contributed by atoms with Gasteiger partial charge in [-0.05, 0) is 185 Å². The monoisotopic (exact) mass is 1540 g/mol. The highest BCUT2D eigenvalue weighted by atomic mass is 16.6. The Morgan fingerprint density at radius 3 is 2.07 bits per heavy atom. The molecule has 4 heterocycles. The van der Waals surface area contributed by atoms with Crippen LogP contribution in [0, 0.1) is 52.3 Å². The third-order valence-corrected chi connectivity index (χ3v) is 24.3. The van der Waals surface area contributed by atoms with Crippen LogP contribution in [0.1, 0.15) is 205 Å². The van der Waals surface area contributed by atoms with Crippen LogP contribution in [0.25, 0.3) is 0 Å². The highest BCUT2D eigenvalue weighted by molar-refractivity contribution is 6.39. The molecule has 110 heavy (non-hydrogen) atoms. The lowest BCUT2D eigenvalue weighted by molar-refractivity contribution is -0.265. The van der Waals surface area contributed by atoms with E-state index < -0.39 is 154 Å². The largest absolute Gasteiger partial charge is 0.504 e. The highest BCUT2D eigenvalue weighted by Gasteiger charge is 2.65. The number of cyclic esters (lactones) is 2. The molecule has 0 aromatic rings. The summed E-state index contributed by atoms with van der Waals surface area (Å²) in [5.74, 6) is -12.7. The minimum Gasteiger partial charge on any atom is -0.504 e. The Morgan fingerprint density at radius 1 is 0.791 bits per heavy atom. The van der Waals surface area contributed by atoms with Crippen molar-refractivity contribution >= 4 is 58.9 Å². The Kier molecular flexibility index (Phi) is 32.9. The van der Waals surface area contributed by atoms with Gasteiger partial charge in [0.2, 0.25) is 11.6 Å². The molecule has 0 aromatic heterocycles. The molecule has 3 N–H and O–H groups in total. The summed E-state index contributed by atoms with van der Waals surface area (Å²) in [5.41, 5.74) is -0.373. The van der Waals surface area contributed by atoms with Crippen LogP contribution >= 0.6 is 0 Å². The molecule has 0 aromatic carbocycles.